The summed E-state index contributed by atoms with van der Waals surface area (Å²) in [6.07, 6.45) is 1.35. The van der Waals surface area contributed by atoms with Crippen molar-refractivity contribution < 1.29 is 17.9 Å². The van der Waals surface area contributed by atoms with E-state index in [2.05, 4.69) is 10.3 Å². The van der Waals surface area contributed by atoms with Gasteiger partial charge in [0.25, 0.3) is 0 Å². The summed E-state index contributed by atoms with van der Waals surface area (Å²) < 4.78 is 31.7. The molecule has 1 aromatic rings. The van der Waals surface area contributed by atoms with E-state index in [9.17, 15) is 13.2 Å². The maximum absolute atomic E-state index is 12.5. The van der Waals surface area contributed by atoms with Crippen LogP contribution in [0.3, 0.4) is 0 Å². The molecule has 1 N–H and O–H groups in total. The Morgan fingerprint density at radius 2 is 1.96 bits per heavy atom. The number of hydrogen-bond donors (Lipinski definition) is 1. The Morgan fingerprint density at radius 1 is 1.32 bits per heavy atom. The molecule has 9 heteroatoms. The molecule has 1 aliphatic rings. The van der Waals surface area contributed by atoms with Gasteiger partial charge in [-0.05, 0) is 39.8 Å². The van der Waals surface area contributed by atoms with Crippen LogP contribution in [0.25, 0.3) is 0 Å². The summed E-state index contributed by atoms with van der Waals surface area (Å²) in [6, 6.07) is 3.17. The summed E-state index contributed by atoms with van der Waals surface area (Å²) in [5, 5.41) is 3.20. The Hall–Kier alpha value is -1.16. The van der Waals surface area contributed by atoms with E-state index in [1.807, 2.05) is 20.8 Å². The molecule has 1 amide bonds. The van der Waals surface area contributed by atoms with Gasteiger partial charge < -0.3 is 10.1 Å². The number of ether oxygens (including phenoxy) is 1. The molecule has 7 nitrogen and oxygen atoms in total. The number of nitrogens with zero attached hydrogens (tertiary/aromatic N) is 2. The molecule has 1 fully saturated rings. The van der Waals surface area contributed by atoms with Crippen molar-refractivity contribution in [3.63, 3.8) is 0 Å². The van der Waals surface area contributed by atoms with Gasteiger partial charge in [0.15, 0.2) is 0 Å². The monoisotopic (exact) mass is 387 g/mol. The van der Waals surface area contributed by atoms with E-state index in [1.165, 1.54) is 28.3 Å². The summed E-state index contributed by atoms with van der Waals surface area (Å²) >= 11 is 1.30. The fourth-order valence-electron chi connectivity index (χ4n) is 2.23. The highest BCUT2D eigenvalue weighted by molar-refractivity contribution is 8.00. The number of pyridine rings is 1. The number of aromatic nitrogens is 1. The molecule has 0 radical (unpaired) electrons. The molecule has 0 bridgehead atoms. The van der Waals surface area contributed by atoms with Gasteiger partial charge in [-0.3, -0.25) is 4.79 Å². The maximum Gasteiger partial charge on any atom is 0.244 e. The van der Waals surface area contributed by atoms with Gasteiger partial charge in [0.2, 0.25) is 15.9 Å². The molecule has 2 heterocycles. The minimum Gasteiger partial charge on any atom is -0.379 e. The van der Waals surface area contributed by atoms with Crippen LogP contribution < -0.4 is 5.32 Å². The van der Waals surface area contributed by atoms with Crippen LogP contribution in [-0.2, 0) is 19.6 Å². The first-order valence-electron chi connectivity index (χ1n) is 8.12. The topological polar surface area (TPSA) is 88.6 Å². The molecule has 0 aliphatic carbocycles. The molecule has 1 saturated heterocycles. The molecule has 1 aromatic heterocycles. The second-order valence-electron chi connectivity index (χ2n) is 6.85. The Labute approximate surface area is 153 Å². The van der Waals surface area contributed by atoms with E-state index in [1.54, 1.807) is 13.0 Å². The number of nitrogens with one attached hydrogen (secondary N) is 1. The summed E-state index contributed by atoms with van der Waals surface area (Å²) in [7, 11) is -3.55. The van der Waals surface area contributed by atoms with Crippen molar-refractivity contribution in [2.75, 3.05) is 26.3 Å². The zero-order valence-electron chi connectivity index (χ0n) is 15.0. The molecule has 25 heavy (non-hydrogen) atoms. The van der Waals surface area contributed by atoms with Gasteiger partial charge in [0.05, 0.1) is 23.5 Å². The lowest BCUT2D eigenvalue weighted by Crippen LogP contribution is -2.44. The third-order valence-corrected chi connectivity index (χ3v) is 6.41. The number of hydrogen-bond acceptors (Lipinski definition) is 6. The Morgan fingerprint density at radius 3 is 2.48 bits per heavy atom. The highest BCUT2D eigenvalue weighted by Gasteiger charge is 2.27. The Bertz CT molecular complexity index is 693. The molecule has 0 unspecified atom stereocenters. The molecule has 0 spiro atoms. The van der Waals surface area contributed by atoms with Crippen molar-refractivity contribution in [3.8, 4) is 0 Å². The third kappa shape index (κ3) is 5.67. The van der Waals surface area contributed by atoms with Crippen molar-refractivity contribution in [2.45, 2.75) is 48.4 Å². The highest BCUT2D eigenvalue weighted by Crippen LogP contribution is 2.24. The van der Waals surface area contributed by atoms with Crippen LogP contribution in [-0.4, -0.2) is 60.7 Å². The highest BCUT2D eigenvalue weighted by atomic mass is 32.2. The van der Waals surface area contributed by atoms with Crippen LogP contribution >= 0.6 is 11.8 Å². The average Bonchev–Trinajstić information content (AvgIpc) is 2.54. The number of rotatable bonds is 5. The number of thioether (sulfide) groups is 1. The summed E-state index contributed by atoms with van der Waals surface area (Å²) in [5.74, 6) is -0.0793. The molecule has 2 rings (SSSR count). The van der Waals surface area contributed by atoms with E-state index in [-0.39, 0.29) is 21.6 Å². The lowest BCUT2D eigenvalue weighted by molar-refractivity contribution is -0.121. The van der Waals surface area contributed by atoms with E-state index < -0.39 is 10.0 Å². The van der Waals surface area contributed by atoms with Crippen molar-refractivity contribution in [1.29, 1.82) is 0 Å². The minimum atomic E-state index is -3.55. The Balaban J connectivity index is 2.03. The lowest BCUT2D eigenvalue weighted by Gasteiger charge is -2.26. The molecule has 0 saturated carbocycles. The van der Waals surface area contributed by atoms with Gasteiger partial charge in [0.1, 0.15) is 4.90 Å². The summed E-state index contributed by atoms with van der Waals surface area (Å²) in [4.78, 5) is 16.5. The van der Waals surface area contributed by atoms with Gasteiger partial charge in [-0.1, -0.05) is 11.8 Å². The van der Waals surface area contributed by atoms with Crippen molar-refractivity contribution in [3.05, 3.63) is 18.3 Å². The summed E-state index contributed by atoms with van der Waals surface area (Å²) in [6.45, 7) is 9.07. The molecule has 0 aromatic carbocycles. The second kappa shape index (κ2) is 8.03. The normalized spacial score (nSPS) is 17.9. The van der Waals surface area contributed by atoms with Crippen LogP contribution in [0.5, 0.6) is 0 Å². The first kappa shape index (κ1) is 20.2. The standard InChI is InChI=1S/C16H25N3O4S2/c1-12(15(20)18-16(2,3)4)24-14-6-5-13(11-17-14)25(21,22)19-7-9-23-10-8-19/h5-6,11-12H,7-10H2,1-4H3,(H,18,20)/t12-/m1/s1. The van der Waals surface area contributed by atoms with Gasteiger partial charge in [0, 0.05) is 24.8 Å². The third-order valence-electron chi connectivity index (χ3n) is 3.48. The summed E-state index contributed by atoms with van der Waals surface area (Å²) in [5.41, 5.74) is -0.296. The molecule has 140 valence electrons. The number of carbonyl (C=O) groups excluding carboxylic acids is 1. The van der Waals surface area contributed by atoms with Gasteiger partial charge in [-0.15, -0.1) is 0 Å². The van der Waals surface area contributed by atoms with Crippen LogP contribution in [0, 0.1) is 0 Å². The fraction of sp³-hybridized carbons (Fsp3) is 0.625. The first-order valence-corrected chi connectivity index (χ1v) is 10.4. The van der Waals surface area contributed by atoms with E-state index >= 15 is 0 Å². The minimum absolute atomic E-state index is 0.0793. The van der Waals surface area contributed by atoms with Crippen molar-refractivity contribution in [1.82, 2.24) is 14.6 Å². The van der Waals surface area contributed by atoms with Crippen LogP contribution in [0.2, 0.25) is 0 Å². The van der Waals surface area contributed by atoms with E-state index in [4.69, 9.17) is 4.74 Å². The molecular formula is C16H25N3O4S2. The smallest absolute Gasteiger partial charge is 0.244 e. The zero-order valence-corrected chi connectivity index (χ0v) is 16.6. The lowest BCUT2D eigenvalue weighted by atomic mass is 10.1. The molecular weight excluding hydrogens is 362 g/mol. The van der Waals surface area contributed by atoms with Crippen LogP contribution in [0.1, 0.15) is 27.7 Å². The van der Waals surface area contributed by atoms with Gasteiger partial charge >= 0.3 is 0 Å². The van der Waals surface area contributed by atoms with E-state index in [0.717, 1.165) is 0 Å². The average molecular weight is 388 g/mol. The zero-order chi connectivity index (χ0) is 18.7. The number of morpholine rings is 1. The SMILES string of the molecule is C[C@@H](Sc1ccc(S(=O)(=O)N2CCOCC2)cn1)C(=O)NC(C)(C)C. The van der Waals surface area contributed by atoms with Crippen molar-refractivity contribution in [2.24, 2.45) is 0 Å². The largest absolute Gasteiger partial charge is 0.379 e. The fourth-order valence-corrected chi connectivity index (χ4v) is 4.37. The number of amides is 1. The predicted molar refractivity (Wildman–Crippen MR) is 97.0 cm³/mol. The Kier molecular flexibility index (Phi) is 6.47. The predicted octanol–water partition coefficient (Wildman–Crippen LogP) is 1.50. The number of sulfonamides is 1. The second-order valence-corrected chi connectivity index (χ2v) is 10.1. The van der Waals surface area contributed by atoms with Gasteiger partial charge in [-0.2, -0.15) is 4.31 Å². The quantitative estimate of drug-likeness (QED) is 0.770. The maximum atomic E-state index is 12.5. The van der Waals surface area contributed by atoms with Crippen LogP contribution in [0.4, 0.5) is 0 Å². The molecule has 1 aliphatic heterocycles. The first-order chi connectivity index (χ1) is 11.6. The number of carbonyl (C=O) groups is 1. The molecule has 1 atom stereocenters. The van der Waals surface area contributed by atoms with Gasteiger partial charge in [-0.25, -0.2) is 13.4 Å². The van der Waals surface area contributed by atoms with Crippen LogP contribution in [0.15, 0.2) is 28.3 Å². The van der Waals surface area contributed by atoms with Crippen molar-refractivity contribution >= 4 is 27.7 Å². The van der Waals surface area contributed by atoms with E-state index in [0.29, 0.717) is 31.3 Å².